The smallest absolute Gasteiger partial charge is 0.326 e. The normalized spacial score (nSPS) is 26.3. The zero-order valence-electron chi connectivity index (χ0n) is 14.6. The van der Waals surface area contributed by atoms with Gasteiger partial charge in [0.15, 0.2) is 0 Å². The molecule has 4 heteroatoms. The topological polar surface area (TPSA) is 41.6 Å². The van der Waals surface area contributed by atoms with Crippen LogP contribution in [0, 0.1) is 0 Å². The summed E-state index contributed by atoms with van der Waals surface area (Å²) >= 11 is 0. The van der Waals surface area contributed by atoms with Crippen molar-refractivity contribution in [3.05, 3.63) is 0 Å². The second kappa shape index (κ2) is 8.74. The van der Waals surface area contributed by atoms with Gasteiger partial charge in [-0.15, -0.1) is 0 Å². The first kappa shape index (κ1) is 18.4. The Kier molecular flexibility index (Phi) is 7.67. The molecule has 0 aliphatic carbocycles. The number of rotatable bonds is 8. The lowest BCUT2D eigenvalue weighted by atomic mass is 9.93. The zero-order valence-corrected chi connectivity index (χ0v) is 14.6. The number of likely N-dealkylation sites (tertiary alicyclic amines) is 1. The number of carbonyl (C=O) groups excluding carboxylic acids is 1. The molecule has 0 saturated carbocycles. The SMILES string of the molecule is CCOC(=O)C(C)(CCCCN1C(C)CCCC1C)NC. The van der Waals surface area contributed by atoms with Crippen LogP contribution in [0.15, 0.2) is 0 Å². The molecule has 1 saturated heterocycles. The average molecular weight is 298 g/mol. The molecule has 3 atom stereocenters. The van der Waals surface area contributed by atoms with Gasteiger partial charge in [-0.2, -0.15) is 0 Å². The minimum Gasteiger partial charge on any atom is -0.465 e. The fourth-order valence-corrected chi connectivity index (χ4v) is 3.31. The first-order valence-corrected chi connectivity index (χ1v) is 8.56. The Morgan fingerprint density at radius 1 is 1.29 bits per heavy atom. The molecule has 3 unspecified atom stereocenters. The predicted octanol–water partition coefficient (Wildman–Crippen LogP) is 2.96. The van der Waals surface area contributed by atoms with Gasteiger partial charge in [0.05, 0.1) is 6.61 Å². The number of hydrogen-bond donors (Lipinski definition) is 1. The van der Waals surface area contributed by atoms with Crippen LogP contribution < -0.4 is 5.32 Å². The summed E-state index contributed by atoms with van der Waals surface area (Å²) < 4.78 is 5.17. The Morgan fingerprint density at radius 3 is 2.43 bits per heavy atom. The molecular weight excluding hydrogens is 264 g/mol. The highest BCUT2D eigenvalue weighted by molar-refractivity contribution is 5.80. The lowest BCUT2D eigenvalue weighted by Crippen LogP contribution is -2.49. The first-order valence-electron chi connectivity index (χ1n) is 8.56. The molecule has 0 radical (unpaired) electrons. The number of piperidine rings is 1. The highest BCUT2D eigenvalue weighted by atomic mass is 16.5. The third-order valence-electron chi connectivity index (χ3n) is 5.00. The van der Waals surface area contributed by atoms with Crippen LogP contribution in [0.25, 0.3) is 0 Å². The van der Waals surface area contributed by atoms with Crippen LogP contribution in [0.5, 0.6) is 0 Å². The van der Waals surface area contributed by atoms with E-state index in [0.717, 1.165) is 25.8 Å². The minimum atomic E-state index is -0.546. The molecule has 0 bridgehead atoms. The zero-order chi connectivity index (χ0) is 15.9. The number of carbonyl (C=O) groups is 1. The number of esters is 1. The minimum absolute atomic E-state index is 0.132. The number of likely N-dealkylation sites (N-methyl/N-ethyl adjacent to an activating group) is 1. The van der Waals surface area contributed by atoms with Crippen LogP contribution in [0.1, 0.15) is 66.2 Å². The number of nitrogens with zero attached hydrogens (tertiary/aromatic N) is 1. The Hall–Kier alpha value is -0.610. The van der Waals surface area contributed by atoms with Crippen LogP contribution in [0.2, 0.25) is 0 Å². The Morgan fingerprint density at radius 2 is 1.90 bits per heavy atom. The van der Waals surface area contributed by atoms with E-state index in [4.69, 9.17) is 4.74 Å². The van der Waals surface area contributed by atoms with Gasteiger partial charge >= 0.3 is 5.97 Å². The highest BCUT2D eigenvalue weighted by Crippen LogP contribution is 2.23. The summed E-state index contributed by atoms with van der Waals surface area (Å²) in [5, 5.41) is 3.13. The van der Waals surface area contributed by atoms with Gasteiger partial charge in [0, 0.05) is 12.1 Å². The summed E-state index contributed by atoms with van der Waals surface area (Å²) in [6, 6.07) is 1.41. The van der Waals surface area contributed by atoms with E-state index in [1.165, 1.54) is 19.3 Å². The lowest BCUT2D eigenvalue weighted by molar-refractivity contribution is -0.150. The van der Waals surface area contributed by atoms with Gasteiger partial charge in [-0.25, -0.2) is 0 Å². The molecule has 0 aromatic heterocycles. The summed E-state index contributed by atoms with van der Waals surface area (Å²) in [6.07, 6.45) is 7.03. The lowest BCUT2D eigenvalue weighted by Gasteiger charge is -2.39. The third-order valence-corrected chi connectivity index (χ3v) is 5.00. The summed E-state index contributed by atoms with van der Waals surface area (Å²) in [5.74, 6) is -0.132. The van der Waals surface area contributed by atoms with Gasteiger partial charge in [-0.05, 0) is 73.4 Å². The molecule has 1 fully saturated rings. The van der Waals surface area contributed by atoms with E-state index in [1.807, 2.05) is 20.9 Å². The van der Waals surface area contributed by atoms with E-state index in [1.54, 1.807) is 0 Å². The predicted molar refractivity (Wildman–Crippen MR) is 87.4 cm³/mol. The van der Waals surface area contributed by atoms with E-state index in [0.29, 0.717) is 18.7 Å². The van der Waals surface area contributed by atoms with Crippen molar-refractivity contribution < 1.29 is 9.53 Å². The largest absolute Gasteiger partial charge is 0.465 e. The molecule has 0 aromatic rings. The summed E-state index contributed by atoms with van der Waals surface area (Å²) in [7, 11) is 1.84. The maximum absolute atomic E-state index is 12.0. The molecule has 1 rings (SSSR count). The van der Waals surface area contributed by atoms with Crippen LogP contribution in [-0.2, 0) is 9.53 Å². The fraction of sp³-hybridized carbons (Fsp3) is 0.941. The second-order valence-corrected chi connectivity index (χ2v) is 6.63. The van der Waals surface area contributed by atoms with Crippen LogP contribution in [0.3, 0.4) is 0 Å². The van der Waals surface area contributed by atoms with Crippen LogP contribution >= 0.6 is 0 Å². The quantitative estimate of drug-likeness (QED) is 0.552. The summed E-state index contributed by atoms with van der Waals surface area (Å²) in [5.41, 5.74) is -0.546. The molecule has 4 nitrogen and oxygen atoms in total. The van der Waals surface area contributed by atoms with Gasteiger partial charge < -0.3 is 10.1 Å². The maximum atomic E-state index is 12.0. The van der Waals surface area contributed by atoms with Crippen molar-refractivity contribution in [2.75, 3.05) is 20.2 Å². The van der Waals surface area contributed by atoms with Crippen molar-refractivity contribution in [1.29, 1.82) is 0 Å². The maximum Gasteiger partial charge on any atom is 0.326 e. The molecule has 1 aliphatic rings. The molecule has 124 valence electrons. The average Bonchev–Trinajstić information content (AvgIpc) is 2.46. The molecular formula is C17H34N2O2. The molecule has 1 N–H and O–H groups in total. The van der Waals surface area contributed by atoms with E-state index < -0.39 is 5.54 Å². The third kappa shape index (κ3) is 5.26. The Labute approximate surface area is 130 Å². The fourth-order valence-electron chi connectivity index (χ4n) is 3.31. The highest BCUT2D eigenvalue weighted by Gasteiger charge is 2.32. The van der Waals surface area contributed by atoms with Crippen molar-refractivity contribution in [2.45, 2.75) is 83.8 Å². The number of hydrogen-bond acceptors (Lipinski definition) is 4. The van der Waals surface area contributed by atoms with E-state index in [-0.39, 0.29) is 5.97 Å². The summed E-state index contributed by atoms with van der Waals surface area (Å²) in [6.45, 7) is 10.1. The van der Waals surface area contributed by atoms with E-state index >= 15 is 0 Å². The van der Waals surface area contributed by atoms with E-state index in [9.17, 15) is 4.79 Å². The molecule has 0 aromatic carbocycles. The van der Waals surface area contributed by atoms with Gasteiger partial charge in [0.2, 0.25) is 0 Å². The number of nitrogens with one attached hydrogen (secondary N) is 1. The van der Waals surface area contributed by atoms with E-state index in [2.05, 4.69) is 24.1 Å². The van der Waals surface area contributed by atoms with Crippen molar-refractivity contribution >= 4 is 5.97 Å². The number of unbranched alkanes of at least 4 members (excludes halogenated alkanes) is 1. The van der Waals surface area contributed by atoms with Crippen LogP contribution in [-0.4, -0.2) is 48.7 Å². The van der Waals surface area contributed by atoms with Crippen molar-refractivity contribution in [1.82, 2.24) is 10.2 Å². The molecule has 21 heavy (non-hydrogen) atoms. The Balaban J connectivity index is 2.36. The van der Waals surface area contributed by atoms with Gasteiger partial charge in [-0.3, -0.25) is 9.69 Å². The van der Waals surface area contributed by atoms with Crippen LogP contribution in [0.4, 0.5) is 0 Å². The molecule has 0 amide bonds. The molecule has 1 heterocycles. The molecule has 1 aliphatic heterocycles. The van der Waals surface area contributed by atoms with Crippen molar-refractivity contribution in [3.63, 3.8) is 0 Å². The number of ether oxygens (including phenoxy) is 1. The first-order chi connectivity index (χ1) is 9.94. The Bertz CT molecular complexity index is 312. The standard InChI is InChI=1S/C17H34N2O2/c1-6-21-16(20)17(4,18-5)12-7-8-13-19-14(2)10-9-11-15(19)3/h14-15,18H,6-13H2,1-5H3. The second-order valence-electron chi connectivity index (χ2n) is 6.63. The monoisotopic (exact) mass is 298 g/mol. The van der Waals surface area contributed by atoms with Gasteiger partial charge in [-0.1, -0.05) is 6.42 Å². The van der Waals surface area contributed by atoms with Crippen molar-refractivity contribution in [2.24, 2.45) is 0 Å². The molecule has 0 spiro atoms. The van der Waals surface area contributed by atoms with Gasteiger partial charge in [0.1, 0.15) is 5.54 Å². The van der Waals surface area contributed by atoms with Crippen molar-refractivity contribution in [3.8, 4) is 0 Å². The van der Waals surface area contributed by atoms with Gasteiger partial charge in [0.25, 0.3) is 0 Å². The summed E-state index contributed by atoms with van der Waals surface area (Å²) in [4.78, 5) is 14.6.